The van der Waals surface area contributed by atoms with Crippen LogP contribution in [0.3, 0.4) is 0 Å². The van der Waals surface area contributed by atoms with E-state index in [2.05, 4.69) is 26.1 Å². The molecule has 108 valence electrons. The first-order valence-corrected chi connectivity index (χ1v) is 7.03. The zero-order chi connectivity index (χ0) is 14.3. The van der Waals surface area contributed by atoms with Gasteiger partial charge in [-0.15, -0.1) is 0 Å². The predicted octanol–water partition coefficient (Wildman–Crippen LogP) is 3.34. The fourth-order valence-electron chi connectivity index (χ4n) is 2.42. The second kappa shape index (κ2) is 8.05. The van der Waals surface area contributed by atoms with Crippen molar-refractivity contribution in [1.82, 2.24) is 5.32 Å². The molecular formula is C16H27NO2. The van der Waals surface area contributed by atoms with E-state index in [1.54, 1.807) is 7.11 Å². The molecule has 2 unspecified atom stereocenters. The van der Waals surface area contributed by atoms with Crippen molar-refractivity contribution < 1.29 is 9.47 Å². The molecule has 0 spiro atoms. The van der Waals surface area contributed by atoms with Gasteiger partial charge in [0.15, 0.2) is 11.5 Å². The fraction of sp³-hybridized carbons (Fsp3) is 0.625. The van der Waals surface area contributed by atoms with Crippen LogP contribution in [-0.4, -0.2) is 26.8 Å². The first-order chi connectivity index (χ1) is 9.10. The molecule has 1 N–H and O–H groups in total. The minimum Gasteiger partial charge on any atom is -0.493 e. The van der Waals surface area contributed by atoms with E-state index in [1.165, 1.54) is 0 Å². The van der Waals surface area contributed by atoms with Gasteiger partial charge in [0.1, 0.15) is 0 Å². The van der Waals surface area contributed by atoms with Crippen molar-refractivity contribution in [3.05, 3.63) is 24.3 Å². The van der Waals surface area contributed by atoms with Crippen molar-refractivity contribution >= 4 is 0 Å². The summed E-state index contributed by atoms with van der Waals surface area (Å²) in [6.45, 7) is 7.48. The summed E-state index contributed by atoms with van der Waals surface area (Å²) in [5.41, 5.74) is 0. The third kappa shape index (κ3) is 4.75. The lowest BCUT2D eigenvalue weighted by Gasteiger charge is -2.27. The Morgan fingerprint density at radius 2 is 1.74 bits per heavy atom. The highest BCUT2D eigenvalue weighted by atomic mass is 16.5. The number of benzene rings is 1. The minimum absolute atomic E-state index is 0.501. The molecule has 0 saturated heterocycles. The van der Waals surface area contributed by atoms with E-state index < -0.39 is 0 Å². The lowest BCUT2D eigenvalue weighted by atomic mass is 9.87. The number of nitrogens with one attached hydrogen (secondary N) is 1. The van der Waals surface area contributed by atoms with E-state index in [9.17, 15) is 0 Å². The molecule has 1 aromatic carbocycles. The van der Waals surface area contributed by atoms with Crippen LogP contribution in [0.1, 0.15) is 27.2 Å². The molecule has 0 fully saturated rings. The molecule has 0 aliphatic heterocycles. The summed E-state index contributed by atoms with van der Waals surface area (Å²) < 4.78 is 11.1. The van der Waals surface area contributed by atoms with E-state index in [0.717, 1.165) is 24.5 Å². The van der Waals surface area contributed by atoms with Crippen LogP contribution < -0.4 is 14.8 Å². The number of hydrogen-bond acceptors (Lipinski definition) is 3. The number of hydrogen-bond donors (Lipinski definition) is 1. The van der Waals surface area contributed by atoms with Gasteiger partial charge in [0.25, 0.3) is 0 Å². The standard InChI is InChI=1S/C16H27NO2/c1-12(2)14(13(3)17-4)10-11-19-16-9-7-6-8-15(16)18-5/h6-9,12-14,17H,10-11H2,1-5H3. The molecule has 0 bridgehead atoms. The molecule has 0 aliphatic carbocycles. The fourth-order valence-corrected chi connectivity index (χ4v) is 2.42. The average Bonchev–Trinajstić information content (AvgIpc) is 2.42. The highest BCUT2D eigenvalue weighted by Crippen LogP contribution is 2.27. The number of methoxy groups -OCH3 is 1. The van der Waals surface area contributed by atoms with E-state index >= 15 is 0 Å². The summed E-state index contributed by atoms with van der Waals surface area (Å²) in [5, 5.41) is 3.34. The Morgan fingerprint density at radius 1 is 1.11 bits per heavy atom. The summed E-state index contributed by atoms with van der Waals surface area (Å²) in [6.07, 6.45) is 1.04. The van der Waals surface area contributed by atoms with Crippen molar-refractivity contribution in [1.29, 1.82) is 0 Å². The van der Waals surface area contributed by atoms with Gasteiger partial charge in [-0.2, -0.15) is 0 Å². The van der Waals surface area contributed by atoms with Crippen molar-refractivity contribution in [2.75, 3.05) is 20.8 Å². The molecule has 0 saturated carbocycles. The van der Waals surface area contributed by atoms with Crippen molar-refractivity contribution in [3.8, 4) is 11.5 Å². The smallest absolute Gasteiger partial charge is 0.161 e. The van der Waals surface area contributed by atoms with Gasteiger partial charge in [-0.25, -0.2) is 0 Å². The van der Waals surface area contributed by atoms with E-state index in [0.29, 0.717) is 17.9 Å². The molecule has 1 aromatic rings. The monoisotopic (exact) mass is 265 g/mol. The van der Waals surface area contributed by atoms with E-state index in [4.69, 9.17) is 9.47 Å². The number of ether oxygens (including phenoxy) is 2. The first kappa shape index (κ1) is 15.8. The zero-order valence-corrected chi connectivity index (χ0v) is 12.8. The molecule has 3 nitrogen and oxygen atoms in total. The van der Waals surface area contributed by atoms with Crippen LogP contribution in [0.4, 0.5) is 0 Å². The summed E-state index contributed by atoms with van der Waals surface area (Å²) in [5.74, 6) is 2.87. The second-order valence-corrected chi connectivity index (χ2v) is 5.27. The van der Waals surface area contributed by atoms with Gasteiger partial charge < -0.3 is 14.8 Å². The highest BCUT2D eigenvalue weighted by molar-refractivity contribution is 5.39. The Balaban J connectivity index is 2.52. The van der Waals surface area contributed by atoms with Gasteiger partial charge in [0.2, 0.25) is 0 Å². The maximum absolute atomic E-state index is 5.85. The van der Waals surface area contributed by atoms with Gasteiger partial charge in [0.05, 0.1) is 13.7 Å². The van der Waals surface area contributed by atoms with Gasteiger partial charge in [-0.3, -0.25) is 0 Å². The minimum atomic E-state index is 0.501. The molecule has 0 aromatic heterocycles. The zero-order valence-electron chi connectivity index (χ0n) is 12.8. The molecule has 3 heteroatoms. The second-order valence-electron chi connectivity index (χ2n) is 5.27. The predicted molar refractivity (Wildman–Crippen MR) is 80.0 cm³/mol. The van der Waals surface area contributed by atoms with Crippen LogP contribution in [0.2, 0.25) is 0 Å². The normalized spacial score (nSPS) is 14.2. The quantitative estimate of drug-likeness (QED) is 0.782. The largest absolute Gasteiger partial charge is 0.493 e. The van der Waals surface area contributed by atoms with Crippen LogP contribution in [0, 0.1) is 11.8 Å². The summed E-state index contributed by atoms with van der Waals surface area (Å²) >= 11 is 0. The molecule has 0 aliphatic rings. The Kier molecular flexibility index (Phi) is 6.71. The molecule has 1 rings (SSSR count). The maximum Gasteiger partial charge on any atom is 0.161 e. The molecular weight excluding hydrogens is 238 g/mol. The Hall–Kier alpha value is -1.22. The van der Waals surface area contributed by atoms with Crippen LogP contribution in [0.5, 0.6) is 11.5 Å². The average molecular weight is 265 g/mol. The summed E-state index contributed by atoms with van der Waals surface area (Å²) in [6, 6.07) is 8.29. The lowest BCUT2D eigenvalue weighted by Crippen LogP contribution is -2.34. The molecule has 0 heterocycles. The summed E-state index contributed by atoms with van der Waals surface area (Å²) in [4.78, 5) is 0. The van der Waals surface area contributed by atoms with Crippen LogP contribution in [0.15, 0.2) is 24.3 Å². The molecule has 2 atom stereocenters. The van der Waals surface area contributed by atoms with Crippen molar-refractivity contribution in [2.24, 2.45) is 11.8 Å². The van der Waals surface area contributed by atoms with Crippen LogP contribution >= 0.6 is 0 Å². The van der Waals surface area contributed by atoms with Gasteiger partial charge in [0, 0.05) is 6.04 Å². The van der Waals surface area contributed by atoms with Crippen molar-refractivity contribution in [3.63, 3.8) is 0 Å². The topological polar surface area (TPSA) is 30.5 Å². The first-order valence-electron chi connectivity index (χ1n) is 7.03. The number of rotatable bonds is 8. The van der Waals surface area contributed by atoms with Gasteiger partial charge in [-0.1, -0.05) is 26.0 Å². The SMILES string of the molecule is CNC(C)C(CCOc1ccccc1OC)C(C)C. The number of para-hydroxylation sites is 2. The molecule has 19 heavy (non-hydrogen) atoms. The third-order valence-electron chi connectivity index (χ3n) is 3.73. The summed E-state index contributed by atoms with van der Waals surface area (Å²) in [7, 11) is 3.68. The highest BCUT2D eigenvalue weighted by Gasteiger charge is 2.19. The van der Waals surface area contributed by atoms with E-state index in [-0.39, 0.29) is 0 Å². The third-order valence-corrected chi connectivity index (χ3v) is 3.73. The maximum atomic E-state index is 5.85. The Bertz CT molecular complexity index is 366. The molecule has 0 amide bonds. The van der Waals surface area contributed by atoms with E-state index in [1.807, 2.05) is 31.3 Å². The van der Waals surface area contributed by atoms with Gasteiger partial charge >= 0.3 is 0 Å². The molecule has 0 radical (unpaired) electrons. The Labute approximate surface area is 117 Å². The van der Waals surface area contributed by atoms with Crippen molar-refractivity contribution in [2.45, 2.75) is 33.2 Å². The lowest BCUT2D eigenvalue weighted by molar-refractivity contribution is 0.212. The Morgan fingerprint density at radius 3 is 2.26 bits per heavy atom. The van der Waals surface area contributed by atoms with Crippen LogP contribution in [0.25, 0.3) is 0 Å². The van der Waals surface area contributed by atoms with Gasteiger partial charge in [-0.05, 0) is 44.4 Å². The van der Waals surface area contributed by atoms with Crippen LogP contribution in [-0.2, 0) is 0 Å².